The molecule has 0 aliphatic heterocycles. The molecule has 0 unspecified atom stereocenters. The normalized spacial score (nSPS) is 13.6. The summed E-state index contributed by atoms with van der Waals surface area (Å²) in [4.78, 5) is 12.0. The maximum atomic E-state index is 12.0. The smallest absolute Gasteiger partial charge is 0.234 e. The number of carbonyl (C=O) groups excluding carboxylic acids is 1. The third-order valence-corrected chi connectivity index (χ3v) is 4.30. The Kier molecular flexibility index (Phi) is 4.11. The fourth-order valence-electron chi connectivity index (χ4n) is 2.20. The molecular weight excluding hydrogens is 298 g/mol. The van der Waals surface area contributed by atoms with E-state index < -0.39 is 0 Å². The fraction of sp³-hybridized carbons (Fsp3) is 0.333. The first-order chi connectivity index (χ1) is 10.7. The molecule has 1 amide bonds. The van der Waals surface area contributed by atoms with Gasteiger partial charge in [-0.25, -0.2) is 0 Å². The number of amides is 1. The number of carbonyl (C=O) groups is 1. The number of aromatic nitrogens is 3. The Morgan fingerprint density at radius 1 is 1.50 bits per heavy atom. The van der Waals surface area contributed by atoms with Crippen molar-refractivity contribution < 1.29 is 4.79 Å². The van der Waals surface area contributed by atoms with Crippen molar-refractivity contribution in [3.8, 4) is 6.07 Å². The lowest BCUT2D eigenvalue weighted by molar-refractivity contribution is -0.113. The Hall–Kier alpha value is -2.33. The summed E-state index contributed by atoms with van der Waals surface area (Å²) in [7, 11) is 0. The van der Waals surface area contributed by atoms with Gasteiger partial charge in [0.2, 0.25) is 5.91 Å². The van der Waals surface area contributed by atoms with E-state index in [0.717, 1.165) is 23.8 Å². The van der Waals surface area contributed by atoms with Gasteiger partial charge in [-0.05, 0) is 38.0 Å². The highest BCUT2D eigenvalue weighted by Crippen LogP contribution is 2.38. The van der Waals surface area contributed by atoms with Crippen molar-refractivity contribution in [2.24, 2.45) is 0 Å². The fourth-order valence-corrected chi connectivity index (χ4v) is 3.05. The lowest BCUT2D eigenvalue weighted by Crippen LogP contribution is -2.14. The summed E-state index contributed by atoms with van der Waals surface area (Å²) in [6.07, 6.45) is 2.30. The zero-order valence-electron chi connectivity index (χ0n) is 12.1. The molecule has 0 spiro atoms. The first-order valence-corrected chi connectivity index (χ1v) is 8.00. The number of nitrogens with one attached hydrogen (secondary N) is 1. The van der Waals surface area contributed by atoms with Gasteiger partial charge in [-0.15, -0.1) is 10.2 Å². The molecule has 1 fully saturated rings. The van der Waals surface area contributed by atoms with Crippen molar-refractivity contribution in [2.45, 2.75) is 31.0 Å². The average Bonchev–Trinajstić information content (AvgIpc) is 3.28. The van der Waals surface area contributed by atoms with Crippen molar-refractivity contribution >= 4 is 23.4 Å². The number of aryl methyl sites for hydroxylation is 1. The minimum atomic E-state index is -0.122. The van der Waals surface area contributed by atoms with Gasteiger partial charge in [0.05, 0.1) is 17.4 Å². The third-order valence-electron chi connectivity index (χ3n) is 3.35. The van der Waals surface area contributed by atoms with Crippen LogP contribution in [0.3, 0.4) is 0 Å². The molecule has 0 saturated heterocycles. The molecule has 1 N–H and O–H groups in total. The largest absolute Gasteiger partial charge is 0.325 e. The lowest BCUT2D eigenvalue weighted by atomic mass is 10.2. The van der Waals surface area contributed by atoms with Gasteiger partial charge in [0.1, 0.15) is 5.82 Å². The number of rotatable bonds is 5. The van der Waals surface area contributed by atoms with E-state index in [1.807, 2.05) is 13.0 Å². The SMILES string of the molecule is Cc1nnc(SCC(=O)Nc2cccc(C#N)c2)n1C1CC1. The number of anilines is 1. The van der Waals surface area contributed by atoms with Gasteiger partial charge in [-0.3, -0.25) is 4.79 Å². The zero-order valence-corrected chi connectivity index (χ0v) is 12.9. The van der Waals surface area contributed by atoms with E-state index in [-0.39, 0.29) is 11.7 Å². The Bertz CT molecular complexity index is 745. The van der Waals surface area contributed by atoms with E-state index in [1.165, 1.54) is 11.8 Å². The van der Waals surface area contributed by atoms with Crippen LogP contribution in [0.1, 0.15) is 30.3 Å². The summed E-state index contributed by atoms with van der Waals surface area (Å²) in [6.45, 7) is 1.93. The first kappa shape index (κ1) is 14.6. The van der Waals surface area contributed by atoms with Gasteiger partial charge in [-0.2, -0.15) is 5.26 Å². The molecule has 1 heterocycles. The molecule has 0 atom stereocenters. The highest BCUT2D eigenvalue weighted by molar-refractivity contribution is 7.99. The Balaban J connectivity index is 1.59. The van der Waals surface area contributed by atoms with Crippen LogP contribution in [-0.4, -0.2) is 26.4 Å². The van der Waals surface area contributed by atoms with Crippen LogP contribution in [0.4, 0.5) is 5.69 Å². The summed E-state index contributed by atoms with van der Waals surface area (Å²) in [5.74, 6) is 1.04. The molecule has 7 heteroatoms. The number of benzene rings is 1. The molecule has 3 rings (SSSR count). The second-order valence-electron chi connectivity index (χ2n) is 5.16. The first-order valence-electron chi connectivity index (χ1n) is 7.01. The van der Waals surface area contributed by atoms with Crippen LogP contribution in [0.5, 0.6) is 0 Å². The van der Waals surface area contributed by atoms with Crippen LogP contribution in [0, 0.1) is 18.3 Å². The third kappa shape index (κ3) is 3.28. The van der Waals surface area contributed by atoms with Crippen LogP contribution in [0.25, 0.3) is 0 Å². The quantitative estimate of drug-likeness (QED) is 0.858. The van der Waals surface area contributed by atoms with Crippen LogP contribution in [0.15, 0.2) is 29.4 Å². The van der Waals surface area contributed by atoms with E-state index in [9.17, 15) is 4.79 Å². The van der Waals surface area contributed by atoms with Crippen molar-refractivity contribution in [1.29, 1.82) is 5.26 Å². The van der Waals surface area contributed by atoms with E-state index in [4.69, 9.17) is 5.26 Å². The van der Waals surface area contributed by atoms with Gasteiger partial charge in [-0.1, -0.05) is 17.8 Å². The minimum Gasteiger partial charge on any atom is -0.325 e. The van der Waals surface area contributed by atoms with Crippen molar-refractivity contribution in [3.05, 3.63) is 35.7 Å². The molecule has 1 aliphatic rings. The number of hydrogen-bond donors (Lipinski definition) is 1. The molecule has 1 aromatic carbocycles. The molecule has 1 saturated carbocycles. The lowest BCUT2D eigenvalue weighted by Gasteiger charge is -2.07. The highest BCUT2D eigenvalue weighted by atomic mass is 32.2. The predicted octanol–water partition coefficient (Wildman–Crippen LogP) is 2.52. The summed E-state index contributed by atoms with van der Waals surface area (Å²) >= 11 is 1.39. The second kappa shape index (κ2) is 6.20. The summed E-state index contributed by atoms with van der Waals surface area (Å²) in [6, 6.07) is 9.40. The number of thioether (sulfide) groups is 1. The Morgan fingerprint density at radius 2 is 2.32 bits per heavy atom. The molecule has 0 bridgehead atoms. The molecule has 1 aliphatic carbocycles. The van der Waals surface area contributed by atoms with Crippen LogP contribution >= 0.6 is 11.8 Å². The van der Waals surface area contributed by atoms with E-state index in [2.05, 4.69) is 20.1 Å². The summed E-state index contributed by atoms with van der Waals surface area (Å²) < 4.78 is 2.11. The summed E-state index contributed by atoms with van der Waals surface area (Å²) in [5, 5.41) is 20.7. The van der Waals surface area contributed by atoms with Gasteiger partial charge < -0.3 is 9.88 Å². The van der Waals surface area contributed by atoms with Crippen LogP contribution < -0.4 is 5.32 Å². The predicted molar refractivity (Wildman–Crippen MR) is 83.5 cm³/mol. The molecule has 22 heavy (non-hydrogen) atoms. The topological polar surface area (TPSA) is 83.6 Å². The molecule has 6 nitrogen and oxygen atoms in total. The van der Waals surface area contributed by atoms with Crippen molar-refractivity contribution in [3.63, 3.8) is 0 Å². The maximum Gasteiger partial charge on any atom is 0.234 e. The number of hydrogen-bond acceptors (Lipinski definition) is 5. The summed E-state index contributed by atoms with van der Waals surface area (Å²) in [5.41, 5.74) is 1.15. The van der Waals surface area contributed by atoms with E-state index >= 15 is 0 Å². The Morgan fingerprint density at radius 3 is 3.05 bits per heavy atom. The second-order valence-corrected chi connectivity index (χ2v) is 6.10. The molecule has 1 aromatic heterocycles. The molecule has 112 valence electrons. The van der Waals surface area contributed by atoms with Gasteiger partial charge in [0, 0.05) is 11.7 Å². The van der Waals surface area contributed by atoms with Gasteiger partial charge >= 0.3 is 0 Å². The molecule has 2 aromatic rings. The maximum absolute atomic E-state index is 12.0. The van der Waals surface area contributed by atoms with E-state index in [0.29, 0.717) is 17.3 Å². The highest BCUT2D eigenvalue weighted by Gasteiger charge is 2.28. The number of nitriles is 1. The minimum absolute atomic E-state index is 0.122. The number of nitrogens with zero attached hydrogens (tertiary/aromatic N) is 4. The molecule has 0 radical (unpaired) electrons. The van der Waals surface area contributed by atoms with Crippen molar-refractivity contribution in [1.82, 2.24) is 14.8 Å². The van der Waals surface area contributed by atoms with E-state index in [1.54, 1.807) is 24.3 Å². The van der Waals surface area contributed by atoms with Gasteiger partial charge in [0.15, 0.2) is 5.16 Å². The Labute approximate surface area is 132 Å². The molecular formula is C15H15N5OS. The van der Waals surface area contributed by atoms with Crippen molar-refractivity contribution in [2.75, 3.05) is 11.1 Å². The van der Waals surface area contributed by atoms with Gasteiger partial charge in [0.25, 0.3) is 0 Å². The zero-order chi connectivity index (χ0) is 15.5. The monoisotopic (exact) mass is 313 g/mol. The van der Waals surface area contributed by atoms with Crippen LogP contribution in [0.2, 0.25) is 0 Å². The average molecular weight is 313 g/mol. The van der Waals surface area contributed by atoms with Crippen LogP contribution in [-0.2, 0) is 4.79 Å². The standard InChI is InChI=1S/C15H15N5OS/c1-10-18-19-15(20(10)13-5-6-13)22-9-14(21)17-12-4-2-3-11(7-12)8-16/h2-4,7,13H,5-6,9H2,1H3,(H,17,21).